The Labute approximate surface area is 128 Å². The van der Waals surface area contributed by atoms with Crippen molar-refractivity contribution < 1.29 is 4.79 Å². The van der Waals surface area contributed by atoms with Gasteiger partial charge < -0.3 is 9.47 Å². The van der Waals surface area contributed by atoms with E-state index in [4.69, 9.17) is 0 Å². The van der Waals surface area contributed by atoms with Crippen LogP contribution in [0, 0.1) is 6.92 Å². The van der Waals surface area contributed by atoms with Crippen LogP contribution in [0.15, 0.2) is 35.5 Å². The highest BCUT2D eigenvalue weighted by Crippen LogP contribution is 2.31. The second kappa shape index (κ2) is 5.71. The van der Waals surface area contributed by atoms with Gasteiger partial charge in [0.15, 0.2) is 0 Å². The lowest BCUT2D eigenvalue weighted by Gasteiger charge is -2.24. The minimum Gasteiger partial charge on any atom is -0.330 e. The van der Waals surface area contributed by atoms with Crippen LogP contribution in [0.25, 0.3) is 0 Å². The lowest BCUT2D eigenvalue weighted by atomic mass is 10.1. The highest BCUT2D eigenvalue weighted by atomic mass is 16.2. The van der Waals surface area contributed by atoms with Crippen LogP contribution in [0.1, 0.15) is 40.6 Å². The summed E-state index contributed by atoms with van der Waals surface area (Å²) in [7, 11) is 1.68. The van der Waals surface area contributed by atoms with Crippen LogP contribution in [-0.2, 0) is 7.05 Å². The summed E-state index contributed by atoms with van der Waals surface area (Å²) in [5.74, 6) is -0.228. The van der Waals surface area contributed by atoms with E-state index in [0.29, 0.717) is 6.54 Å². The van der Waals surface area contributed by atoms with Gasteiger partial charge in [-0.05, 0) is 31.9 Å². The summed E-state index contributed by atoms with van der Waals surface area (Å²) in [6, 6.07) is 3.31. The molecular weight excluding hydrogens is 280 g/mol. The minimum atomic E-state index is -0.255. The average molecular weight is 298 g/mol. The van der Waals surface area contributed by atoms with Gasteiger partial charge in [-0.3, -0.25) is 19.6 Å². The third-order valence-electron chi connectivity index (χ3n) is 4.22. The molecule has 0 aliphatic carbocycles. The Morgan fingerprint density at radius 3 is 2.86 bits per heavy atom. The fraction of sp³-hybridized carbons (Fsp3) is 0.375. The lowest BCUT2D eigenvalue weighted by Crippen LogP contribution is -2.36. The zero-order valence-corrected chi connectivity index (χ0v) is 12.7. The van der Waals surface area contributed by atoms with Gasteiger partial charge in [-0.25, -0.2) is 0 Å². The monoisotopic (exact) mass is 298 g/mol. The first-order chi connectivity index (χ1) is 10.6. The van der Waals surface area contributed by atoms with E-state index >= 15 is 0 Å². The first kappa shape index (κ1) is 14.4. The average Bonchev–Trinajstić information content (AvgIpc) is 3.03. The summed E-state index contributed by atoms with van der Waals surface area (Å²) in [5, 5.41) is 0. The molecule has 0 radical (unpaired) electrons. The molecule has 1 atom stereocenters. The van der Waals surface area contributed by atoms with Gasteiger partial charge in [-0.2, -0.15) is 0 Å². The molecule has 0 spiro atoms. The topological polar surface area (TPSA) is 68.1 Å². The van der Waals surface area contributed by atoms with Crippen LogP contribution in [0.2, 0.25) is 0 Å². The number of pyridine rings is 1. The Morgan fingerprint density at radius 1 is 1.32 bits per heavy atom. The van der Waals surface area contributed by atoms with E-state index in [1.807, 2.05) is 6.92 Å². The Balaban J connectivity index is 1.95. The van der Waals surface area contributed by atoms with Gasteiger partial charge in [0.25, 0.3) is 11.5 Å². The van der Waals surface area contributed by atoms with Crippen molar-refractivity contribution in [3.63, 3.8) is 0 Å². The molecule has 1 aliphatic heterocycles. The maximum atomic E-state index is 12.8. The largest absolute Gasteiger partial charge is 0.330 e. The molecule has 0 saturated carbocycles. The van der Waals surface area contributed by atoms with Gasteiger partial charge in [0.2, 0.25) is 0 Å². The number of nitrogens with zero attached hydrogens (tertiary/aromatic N) is 4. The first-order valence-electron chi connectivity index (χ1n) is 7.33. The van der Waals surface area contributed by atoms with Crippen LogP contribution in [0.5, 0.6) is 0 Å². The van der Waals surface area contributed by atoms with Gasteiger partial charge in [0.05, 0.1) is 17.9 Å². The Morgan fingerprint density at radius 2 is 2.14 bits per heavy atom. The molecule has 0 unspecified atom stereocenters. The van der Waals surface area contributed by atoms with Gasteiger partial charge in [-0.15, -0.1) is 0 Å². The number of carbonyl (C=O) groups is 1. The van der Waals surface area contributed by atoms with Crippen molar-refractivity contribution >= 4 is 5.91 Å². The van der Waals surface area contributed by atoms with E-state index in [0.717, 1.165) is 24.2 Å². The van der Waals surface area contributed by atoms with Crippen molar-refractivity contribution in [2.75, 3.05) is 6.54 Å². The van der Waals surface area contributed by atoms with E-state index in [9.17, 15) is 9.59 Å². The molecular formula is C16H18N4O2. The molecule has 6 heteroatoms. The standard InChI is InChI=1S/C16H18N4O2/c1-11-5-6-12(15(21)19(11)2)16(22)20-9-3-4-14(20)13-10-17-7-8-18-13/h5-8,10,14H,3-4,9H2,1-2H3/t14-/m1/s1. The molecule has 0 aromatic carbocycles. The fourth-order valence-corrected chi connectivity index (χ4v) is 2.85. The number of aryl methyl sites for hydroxylation is 1. The minimum absolute atomic E-state index is 0.104. The normalized spacial score (nSPS) is 17.7. The fourth-order valence-electron chi connectivity index (χ4n) is 2.85. The molecule has 2 aromatic rings. The number of carbonyl (C=O) groups excluding carboxylic acids is 1. The molecule has 2 aromatic heterocycles. The third-order valence-corrected chi connectivity index (χ3v) is 4.22. The van der Waals surface area contributed by atoms with Gasteiger partial charge in [0.1, 0.15) is 5.56 Å². The summed E-state index contributed by atoms with van der Waals surface area (Å²) < 4.78 is 1.50. The number of amides is 1. The van der Waals surface area contributed by atoms with Crippen LogP contribution < -0.4 is 5.56 Å². The summed E-state index contributed by atoms with van der Waals surface area (Å²) in [6.07, 6.45) is 6.67. The summed E-state index contributed by atoms with van der Waals surface area (Å²) in [5.41, 5.74) is 1.56. The molecule has 1 aliphatic rings. The second-order valence-electron chi connectivity index (χ2n) is 5.54. The Bertz CT molecular complexity index is 754. The van der Waals surface area contributed by atoms with E-state index < -0.39 is 0 Å². The van der Waals surface area contributed by atoms with Crippen LogP contribution in [0.3, 0.4) is 0 Å². The second-order valence-corrected chi connectivity index (χ2v) is 5.54. The predicted octanol–water partition coefficient (Wildman–Crippen LogP) is 1.46. The van der Waals surface area contributed by atoms with Crippen molar-refractivity contribution in [3.8, 4) is 0 Å². The molecule has 1 saturated heterocycles. The lowest BCUT2D eigenvalue weighted by molar-refractivity contribution is 0.0730. The highest BCUT2D eigenvalue weighted by Gasteiger charge is 2.32. The maximum Gasteiger partial charge on any atom is 0.263 e. The van der Waals surface area contributed by atoms with Crippen molar-refractivity contribution in [2.24, 2.45) is 7.05 Å². The zero-order valence-electron chi connectivity index (χ0n) is 12.7. The molecule has 3 heterocycles. The quantitative estimate of drug-likeness (QED) is 0.842. The molecule has 3 rings (SSSR count). The van der Waals surface area contributed by atoms with E-state index in [2.05, 4.69) is 9.97 Å². The van der Waals surface area contributed by atoms with Gasteiger partial charge >= 0.3 is 0 Å². The molecule has 1 amide bonds. The number of aromatic nitrogens is 3. The van der Waals surface area contributed by atoms with Gasteiger partial charge in [0, 0.05) is 31.7 Å². The maximum absolute atomic E-state index is 12.8. The summed E-state index contributed by atoms with van der Waals surface area (Å²) in [6.45, 7) is 2.48. The number of hydrogen-bond acceptors (Lipinski definition) is 4. The van der Waals surface area contributed by atoms with Crippen molar-refractivity contribution in [2.45, 2.75) is 25.8 Å². The molecule has 6 nitrogen and oxygen atoms in total. The van der Waals surface area contributed by atoms with Crippen LogP contribution in [-0.4, -0.2) is 31.9 Å². The Hall–Kier alpha value is -2.50. The molecule has 0 N–H and O–H groups in total. The van der Waals surface area contributed by atoms with Crippen LogP contribution >= 0.6 is 0 Å². The Kier molecular flexibility index (Phi) is 3.75. The van der Waals surface area contributed by atoms with Crippen molar-refractivity contribution in [1.29, 1.82) is 0 Å². The van der Waals surface area contributed by atoms with E-state index in [-0.39, 0.29) is 23.1 Å². The summed E-state index contributed by atoms with van der Waals surface area (Å²) >= 11 is 0. The number of hydrogen-bond donors (Lipinski definition) is 0. The van der Waals surface area contributed by atoms with Crippen LogP contribution in [0.4, 0.5) is 0 Å². The van der Waals surface area contributed by atoms with E-state index in [1.165, 1.54) is 4.57 Å². The zero-order chi connectivity index (χ0) is 15.7. The summed E-state index contributed by atoms with van der Waals surface area (Å²) in [4.78, 5) is 35.2. The predicted molar refractivity (Wildman–Crippen MR) is 81.5 cm³/mol. The first-order valence-corrected chi connectivity index (χ1v) is 7.33. The molecule has 0 bridgehead atoms. The van der Waals surface area contributed by atoms with E-state index in [1.54, 1.807) is 42.7 Å². The van der Waals surface area contributed by atoms with Gasteiger partial charge in [-0.1, -0.05) is 0 Å². The SMILES string of the molecule is Cc1ccc(C(=O)N2CCC[C@@H]2c2cnccn2)c(=O)n1C. The van der Waals surface area contributed by atoms with Crippen molar-refractivity contribution in [1.82, 2.24) is 19.4 Å². The molecule has 22 heavy (non-hydrogen) atoms. The third kappa shape index (κ3) is 2.41. The van der Waals surface area contributed by atoms with Crippen molar-refractivity contribution in [3.05, 3.63) is 58.0 Å². The molecule has 114 valence electrons. The highest BCUT2D eigenvalue weighted by molar-refractivity contribution is 5.94. The smallest absolute Gasteiger partial charge is 0.263 e. The number of likely N-dealkylation sites (tertiary alicyclic amines) is 1. The molecule has 1 fully saturated rings. The number of rotatable bonds is 2.